The van der Waals surface area contributed by atoms with Gasteiger partial charge in [-0.05, 0) is 31.2 Å². The lowest BCUT2D eigenvalue weighted by molar-refractivity contribution is -0.113. The third-order valence-corrected chi connectivity index (χ3v) is 6.92. The molecule has 0 saturated heterocycles. The van der Waals surface area contributed by atoms with Crippen molar-refractivity contribution in [1.82, 2.24) is 4.31 Å². The molecular formula is C22H24N2O5S. The Balaban J connectivity index is 2.12. The number of sulfonamides is 1. The average molecular weight is 429 g/mol. The van der Waals surface area contributed by atoms with Gasteiger partial charge < -0.3 is 4.74 Å². The Bertz CT molecular complexity index is 1100. The lowest BCUT2D eigenvalue weighted by atomic mass is 9.94. The second-order valence-corrected chi connectivity index (χ2v) is 8.50. The maximum absolute atomic E-state index is 13.2. The summed E-state index contributed by atoms with van der Waals surface area (Å²) in [6.07, 6.45) is 1.34. The first-order chi connectivity index (χ1) is 14.4. The summed E-state index contributed by atoms with van der Waals surface area (Å²) in [5.41, 5.74) is 1.27. The van der Waals surface area contributed by atoms with E-state index in [2.05, 4.69) is 0 Å². The number of hydrogen-bond donors (Lipinski definition) is 0. The van der Waals surface area contributed by atoms with Gasteiger partial charge in [0.15, 0.2) is 0 Å². The van der Waals surface area contributed by atoms with E-state index in [0.717, 1.165) is 4.90 Å². The minimum Gasteiger partial charge on any atom is -0.501 e. The van der Waals surface area contributed by atoms with Crippen LogP contribution >= 0.6 is 0 Å². The number of carbonyl (C=O) groups is 2. The molecule has 1 aliphatic rings. The first-order valence-corrected chi connectivity index (χ1v) is 11.2. The highest BCUT2D eigenvalue weighted by Gasteiger charge is 2.36. The first kappa shape index (κ1) is 21.7. The van der Waals surface area contributed by atoms with Gasteiger partial charge in [0, 0.05) is 24.2 Å². The molecule has 0 spiro atoms. The number of imide groups is 1. The van der Waals surface area contributed by atoms with Gasteiger partial charge in [-0.2, -0.15) is 4.31 Å². The molecule has 2 aromatic carbocycles. The van der Waals surface area contributed by atoms with Crippen LogP contribution in [0, 0.1) is 0 Å². The van der Waals surface area contributed by atoms with Gasteiger partial charge in [-0.25, -0.2) is 13.3 Å². The van der Waals surface area contributed by atoms with Gasteiger partial charge in [0.25, 0.3) is 11.8 Å². The quantitative estimate of drug-likeness (QED) is 0.384. The van der Waals surface area contributed by atoms with Crippen LogP contribution in [0.25, 0.3) is 5.57 Å². The summed E-state index contributed by atoms with van der Waals surface area (Å²) in [6.45, 7) is 6.30. The summed E-state index contributed by atoms with van der Waals surface area (Å²) in [6, 6.07) is 12.7. The number of anilines is 1. The zero-order chi connectivity index (χ0) is 21.9. The van der Waals surface area contributed by atoms with Crippen molar-refractivity contribution >= 4 is 33.1 Å². The standard InChI is InChI=1S/C22H24N2O5S/c1-4-23(5-2)30(27,28)17-11-9-10-16(14-17)24-21(25)19-13-8-7-12-18(19)20(22(24)26)15-29-6-3/h7-15H,4-6H2,1-3H3/b20-15-. The summed E-state index contributed by atoms with van der Waals surface area (Å²) in [7, 11) is -3.74. The Kier molecular flexibility index (Phi) is 6.38. The molecule has 8 heteroatoms. The predicted molar refractivity (Wildman–Crippen MR) is 114 cm³/mol. The smallest absolute Gasteiger partial charge is 0.269 e. The number of hydrogen-bond acceptors (Lipinski definition) is 5. The molecule has 2 amide bonds. The van der Waals surface area contributed by atoms with Crippen LogP contribution in [0.4, 0.5) is 5.69 Å². The Hall–Kier alpha value is -2.97. The molecule has 0 fully saturated rings. The highest BCUT2D eigenvalue weighted by Crippen LogP contribution is 2.33. The Morgan fingerprint density at radius 3 is 2.23 bits per heavy atom. The molecule has 7 nitrogen and oxygen atoms in total. The SMILES string of the molecule is CCO/C=C1\C(=O)N(c2cccc(S(=O)(=O)N(CC)CC)c2)C(=O)c2ccccc21. The number of fused-ring (bicyclic) bond motifs is 1. The van der Waals surface area contributed by atoms with Gasteiger partial charge in [-0.1, -0.05) is 38.1 Å². The Labute approximate surface area is 176 Å². The maximum atomic E-state index is 13.2. The van der Waals surface area contributed by atoms with Crippen LogP contribution in [0.2, 0.25) is 0 Å². The number of amides is 2. The molecule has 2 aromatic rings. The average Bonchev–Trinajstić information content (AvgIpc) is 2.75. The van der Waals surface area contributed by atoms with Crippen LogP contribution in [0.5, 0.6) is 0 Å². The second kappa shape index (κ2) is 8.81. The maximum Gasteiger partial charge on any atom is 0.269 e. The molecular weight excluding hydrogens is 404 g/mol. The number of carbonyl (C=O) groups excluding carboxylic acids is 2. The molecule has 30 heavy (non-hydrogen) atoms. The monoisotopic (exact) mass is 428 g/mol. The Morgan fingerprint density at radius 1 is 0.933 bits per heavy atom. The van der Waals surface area contributed by atoms with Crippen molar-refractivity contribution in [3.63, 3.8) is 0 Å². The number of ether oxygens (including phenoxy) is 1. The molecule has 1 aliphatic heterocycles. The minimum atomic E-state index is -3.74. The van der Waals surface area contributed by atoms with E-state index in [1.165, 1.54) is 28.8 Å². The molecule has 0 unspecified atom stereocenters. The molecule has 0 N–H and O–H groups in total. The van der Waals surface area contributed by atoms with Crippen molar-refractivity contribution in [1.29, 1.82) is 0 Å². The van der Waals surface area contributed by atoms with Crippen molar-refractivity contribution in [2.45, 2.75) is 25.7 Å². The zero-order valence-corrected chi connectivity index (χ0v) is 18.0. The van der Waals surface area contributed by atoms with E-state index in [1.807, 2.05) is 0 Å². The molecule has 0 radical (unpaired) electrons. The van der Waals surface area contributed by atoms with Crippen LogP contribution in [0.3, 0.4) is 0 Å². The summed E-state index contributed by atoms with van der Waals surface area (Å²) < 4.78 is 32.5. The van der Waals surface area contributed by atoms with Crippen molar-refractivity contribution in [3.8, 4) is 0 Å². The molecule has 0 atom stereocenters. The molecule has 0 bridgehead atoms. The first-order valence-electron chi connectivity index (χ1n) is 9.76. The number of rotatable bonds is 7. The fraction of sp³-hybridized carbons (Fsp3) is 0.273. The summed E-state index contributed by atoms with van der Waals surface area (Å²) in [4.78, 5) is 27.4. The fourth-order valence-corrected chi connectivity index (χ4v) is 4.86. The summed E-state index contributed by atoms with van der Waals surface area (Å²) in [5, 5.41) is 0. The third-order valence-electron chi connectivity index (χ3n) is 4.87. The van der Waals surface area contributed by atoms with Gasteiger partial charge in [0.05, 0.1) is 29.0 Å². The number of benzene rings is 2. The minimum absolute atomic E-state index is 0.0264. The van der Waals surface area contributed by atoms with Crippen LogP contribution in [0.15, 0.2) is 59.7 Å². The van der Waals surface area contributed by atoms with Crippen LogP contribution in [0.1, 0.15) is 36.7 Å². The highest BCUT2D eigenvalue weighted by molar-refractivity contribution is 7.89. The molecule has 0 aliphatic carbocycles. The zero-order valence-electron chi connectivity index (χ0n) is 17.2. The molecule has 0 aromatic heterocycles. The van der Waals surface area contributed by atoms with E-state index in [1.54, 1.807) is 51.1 Å². The van der Waals surface area contributed by atoms with E-state index in [4.69, 9.17) is 4.74 Å². The van der Waals surface area contributed by atoms with Gasteiger partial charge in [-0.15, -0.1) is 0 Å². The van der Waals surface area contributed by atoms with Crippen molar-refractivity contribution in [2.75, 3.05) is 24.6 Å². The highest BCUT2D eigenvalue weighted by atomic mass is 32.2. The van der Waals surface area contributed by atoms with Crippen LogP contribution < -0.4 is 4.90 Å². The van der Waals surface area contributed by atoms with E-state index < -0.39 is 21.8 Å². The molecule has 3 rings (SSSR count). The van der Waals surface area contributed by atoms with Gasteiger partial charge in [0.1, 0.15) is 0 Å². The second-order valence-electron chi connectivity index (χ2n) is 6.56. The Morgan fingerprint density at radius 2 is 1.60 bits per heavy atom. The predicted octanol–water partition coefficient (Wildman–Crippen LogP) is 3.28. The van der Waals surface area contributed by atoms with E-state index >= 15 is 0 Å². The van der Waals surface area contributed by atoms with Gasteiger partial charge in [0.2, 0.25) is 10.0 Å². The largest absolute Gasteiger partial charge is 0.501 e. The summed E-state index contributed by atoms with van der Waals surface area (Å²) >= 11 is 0. The van der Waals surface area contributed by atoms with E-state index in [0.29, 0.717) is 30.8 Å². The molecule has 0 saturated carbocycles. The van der Waals surface area contributed by atoms with E-state index in [-0.39, 0.29) is 16.2 Å². The van der Waals surface area contributed by atoms with Crippen LogP contribution in [-0.2, 0) is 19.6 Å². The lowest BCUT2D eigenvalue weighted by Gasteiger charge is -2.29. The molecule has 158 valence electrons. The fourth-order valence-electron chi connectivity index (χ4n) is 3.36. The molecule has 1 heterocycles. The lowest BCUT2D eigenvalue weighted by Crippen LogP contribution is -2.42. The van der Waals surface area contributed by atoms with Crippen LogP contribution in [-0.4, -0.2) is 44.2 Å². The topological polar surface area (TPSA) is 84.0 Å². The van der Waals surface area contributed by atoms with E-state index in [9.17, 15) is 18.0 Å². The van der Waals surface area contributed by atoms with Crippen molar-refractivity contribution in [3.05, 3.63) is 65.9 Å². The van der Waals surface area contributed by atoms with Crippen molar-refractivity contribution < 1.29 is 22.7 Å². The van der Waals surface area contributed by atoms with Gasteiger partial charge >= 0.3 is 0 Å². The summed E-state index contributed by atoms with van der Waals surface area (Å²) in [5.74, 6) is -1.08. The third kappa shape index (κ3) is 3.76. The van der Waals surface area contributed by atoms with Gasteiger partial charge in [-0.3, -0.25) is 9.59 Å². The number of nitrogens with zero attached hydrogens (tertiary/aromatic N) is 2. The normalized spacial score (nSPS) is 15.6. The van der Waals surface area contributed by atoms with Crippen molar-refractivity contribution in [2.24, 2.45) is 0 Å².